The second-order valence-electron chi connectivity index (χ2n) is 3.32. The SMILES string of the molecule is COC(=O)CCSc1cc(C(=O)O)cc(C)n1. The monoisotopic (exact) mass is 255 g/mol. The van der Waals surface area contributed by atoms with Gasteiger partial charge in [0.1, 0.15) is 0 Å². The summed E-state index contributed by atoms with van der Waals surface area (Å²) in [5.41, 5.74) is 0.850. The van der Waals surface area contributed by atoms with Gasteiger partial charge in [0.15, 0.2) is 0 Å². The van der Waals surface area contributed by atoms with Crippen LogP contribution in [0.4, 0.5) is 0 Å². The summed E-state index contributed by atoms with van der Waals surface area (Å²) in [6.45, 7) is 1.73. The highest BCUT2D eigenvalue weighted by Crippen LogP contribution is 2.19. The van der Waals surface area contributed by atoms with E-state index in [1.807, 2.05) is 0 Å². The number of carboxylic acid groups (broad SMARTS) is 1. The molecule has 0 amide bonds. The third kappa shape index (κ3) is 4.44. The molecule has 0 aliphatic rings. The van der Waals surface area contributed by atoms with E-state index in [2.05, 4.69) is 9.72 Å². The lowest BCUT2D eigenvalue weighted by Gasteiger charge is -2.03. The smallest absolute Gasteiger partial charge is 0.335 e. The van der Waals surface area contributed by atoms with Gasteiger partial charge in [-0.1, -0.05) is 0 Å². The predicted octanol–water partition coefficient (Wildman–Crippen LogP) is 1.74. The molecule has 17 heavy (non-hydrogen) atoms. The average Bonchev–Trinajstić information content (AvgIpc) is 2.28. The molecule has 0 saturated carbocycles. The summed E-state index contributed by atoms with van der Waals surface area (Å²) in [6.07, 6.45) is 0.277. The van der Waals surface area contributed by atoms with E-state index in [-0.39, 0.29) is 18.0 Å². The normalized spacial score (nSPS) is 10.0. The summed E-state index contributed by atoms with van der Waals surface area (Å²) in [6, 6.07) is 3.00. The number of pyridine rings is 1. The molecule has 0 saturated heterocycles. The Kier molecular flexibility index (Phi) is 4.96. The summed E-state index contributed by atoms with van der Waals surface area (Å²) in [5.74, 6) is -0.753. The van der Waals surface area contributed by atoms with Crippen molar-refractivity contribution in [2.75, 3.05) is 12.9 Å². The lowest BCUT2D eigenvalue weighted by molar-refractivity contribution is -0.140. The van der Waals surface area contributed by atoms with Crippen LogP contribution in [0.3, 0.4) is 0 Å². The Morgan fingerprint density at radius 2 is 2.18 bits per heavy atom. The Hall–Kier alpha value is -1.56. The van der Waals surface area contributed by atoms with Gasteiger partial charge in [-0.3, -0.25) is 4.79 Å². The number of esters is 1. The van der Waals surface area contributed by atoms with E-state index in [1.165, 1.54) is 31.0 Å². The maximum atomic E-state index is 10.9. The standard InChI is InChI=1S/C11H13NO4S/c1-7-5-8(11(14)15)6-9(12-7)17-4-3-10(13)16-2/h5-6H,3-4H2,1-2H3,(H,14,15). The first-order valence-electron chi connectivity index (χ1n) is 4.94. The van der Waals surface area contributed by atoms with Crippen molar-refractivity contribution in [2.45, 2.75) is 18.4 Å². The zero-order valence-corrected chi connectivity index (χ0v) is 10.4. The minimum atomic E-state index is -0.981. The molecular weight excluding hydrogens is 242 g/mol. The number of aromatic carboxylic acids is 1. The van der Waals surface area contributed by atoms with Crippen molar-refractivity contribution >= 4 is 23.7 Å². The second kappa shape index (κ2) is 6.24. The van der Waals surface area contributed by atoms with Gasteiger partial charge in [0, 0.05) is 11.4 Å². The molecule has 0 atom stereocenters. The van der Waals surface area contributed by atoms with Crippen LogP contribution in [0.15, 0.2) is 17.2 Å². The number of carboxylic acids is 1. The largest absolute Gasteiger partial charge is 0.478 e. The van der Waals surface area contributed by atoms with Crippen LogP contribution in [-0.4, -0.2) is 34.9 Å². The van der Waals surface area contributed by atoms with Gasteiger partial charge in [-0.25, -0.2) is 9.78 Å². The number of carbonyl (C=O) groups is 2. The van der Waals surface area contributed by atoms with Crippen molar-refractivity contribution in [2.24, 2.45) is 0 Å². The van der Waals surface area contributed by atoms with Gasteiger partial charge >= 0.3 is 11.9 Å². The van der Waals surface area contributed by atoms with E-state index in [4.69, 9.17) is 5.11 Å². The number of methoxy groups -OCH3 is 1. The van der Waals surface area contributed by atoms with Gasteiger partial charge in [0.25, 0.3) is 0 Å². The van der Waals surface area contributed by atoms with Crippen LogP contribution in [0.25, 0.3) is 0 Å². The molecule has 5 nitrogen and oxygen atoms in total. The summed E-state index contributed by atoms with van der Waals surface area (Å²) in [4.78, 5) is 25.9. The van der Waals surface area contributed by atoms with Crippen LogP contribution in [0.2, 0.25) is 0 Å². The molecule has 1 aromatic heterocycles. The molecule has 92 valence electrons. The van der Waals surface area contributed by atoms with Crippen LogP contribution < -0.4 is 0 Å². The van der Waals surface area contributed by atoms with Gasteiger partial charge in [0.05, 0.1) is 24.1 Å². The Balaban J connectivity index is 2.65. The first-order valence-corrected chi connectivity index (χ1v) is 5.93. The Labute approximate surface area is 103 Å². The number of thioether (sulfide) groups is 1. The number of rotatable bonds is 5. The zero-order chi connectivity index (χ0) is 12.8. The Morgan fingerprint density at radius 1 is 1.47 bits per heavy atom. The summed E-state index contributed by atoms with van der Waals surface area (Å²) >= 11 is 1.33. The molecule has 0 aromatic carbocycles. The molecule has 0 unspecified atom stereocenters. The maximum Gasteiger partial charge on any atom is 0.335 e. The van der Waals surface area contributed by atoms with Crippen molar-refractivity contribution in [3.63, 3.8) is 0 Å². The minimum absolute atomic E-state index is 0.207. The van der Waals surface area contributed by atoms with E-state index in [9.17, 15) is 9.59 Å². The van der Waals surface area contributed by atoms with Gasteiger partial charge < -0.3 is 9.84 Å². The van der Waals surface area contributed by atoms with Gasteiger partial charge in [0.2, 0.25) is 0 Å². The number of carbonyl (C=O) groups excluding carboxylic acids is 1. The highest BCUT2D eigenvalue weighted by atomic mass is 32.2. The first-order chi connectivity index (χ1) is 8.02. The van der Waals surface area contributed by atoms with Gasteiger partial charge in [-0.05, 0) is 19.1 Å². The zero-order valence-electron chi connectivity index (χ0n) is 9.60. The second-order valence-corrected chi connectivity index (χ2v) is 4.43. The van der Waals surface area contributed by atoms with E-state index in [1.54, 1.807) is 6.92 Å². The molecule has 0 radical (unpaired) electrons. The third-order valence-corrected chi connectivity index (χ3v) is 2.87. The van der Waals surface area contributed by atoms with Crippen LogP contribution >= 0.6 is 11.8 Å². The van der Waals surface area contributed by atoms with E-state index in [0.717, 1.165) is 0 Å². The number of nitrogens with zero attached hydrogens (tertiary/aromatic N) is 1. The third-order valence-electron chi connectivity index (χ3n) is 1.96. The number of ether oxygens (including phenoxy) is 1. The number of hydrogen-bond acceptors (Lipinski definition) is 5. The van der Waals surface area contributed by atoms with Crippen LogP contribution in [0.1, 0.15) is 22.5 Å². The minimum Gasteiger partial charge on any atom is -0.478 e. The van der Waals surface area contributed by atoms with Crippen molar-refractivity contribution in [1.82, 2.24) is 4.98 Å². The molecular formula is C11H13NO4S. The molecule has 6 heteroatoms. The van der Waals surface area contributed by atoms with Crippen LogP contribution in [0, 0.1) is 6.92 Å². The number of hydrogen-bond donors (Lipinski definition) is 1. The van der Waals surface area contributed by atoms with Gasteiger partial charge in [-0.15, -0.1) is 11.8 Å². The predicted molar refractivity (Wildman–Crippen MR) is 63.3 cm³/mol. The fourth-order valence-corrected chi connectivity index (χ4v) is 2.07. The topological polar surface area (TPSA) is 76.5 Å². The molecule has 0 spiro atoms. The first kappa shape index (κ1) is 13.5. The molecule has 0 bridgehead atoms. The Bertz CT molecular complexity index is 433. The quantitative estimate of drug-likeness (QED) is 0.638. The maximum absolute atomic E-state index is 10.9. The molecule has 1 N–H and O–H groups in total. The van der Waals surface area contributed by atoms with E-state index < -0.39 is 5.97 Å². The highest BCUT2D eigenvalue weighted by Gasteiger charge is 2.08. The Morgan fingerprint density at radius 3 is 2.76 bits per heavy atom. The summed E-state index contributed by atoms with van der Waals surface area (Å²) in [5, 5.41) is 9.48. The fourth-order valence-electron chi connectivity index (χ4n) is 1.18. The molecule has 1 rings (SSSR count). The van der Waals surface area contributed by atoms with Crippen molar-refractivity contribution in [1.29, 1.82) is 0 Å². The van der Waals surface area contributed by atoms with E-state index in [0.29, 0.717) is 16.5 Å². The number of aromatic nitrogens is 1. The fraction of sp³-hybridized carbons (Fsp3) is 0.364. The lowest BCUT2D eigenvalue weighted by Crippen LogP contribution is -2.02. The van der Waals surface area contributed by atoms with Gasteiger partial charge in [-0.2, -0.15) is 0 Å². The average molecular weight is 255 g/mol. The highest BCUT2D eigenvalue weighted by molar-refractivity contribution is 7.99. The van der Waals surface area contributed by atoms with Crippen molar-refractivity contribution in [3.8, 4) is 0 Å². The summed E-state index contributed by atoms with van der Waals surface area (Å²) in [7, 11) is 1.33. The van der Waals surface area contributed by atoms with Crippen molar-refractivity contribution < 1.29 is 19.4 Å². The van der Waals surface area contributed by atoms with E-state index >= 15 is 0 Å². The molecule has 0 fully saturated rings. The molecule has 0 aliphatic heterocycles. The number of aryl methyl sites for hydroxylation is 1. The summed E-state index contributed by atoms with van der Waals surface area (Å²) < 4.78 is 4.51. The molecule has 1 heterocycles. The van der Waals surface area contributed by atoms with Crippen LogP contribution in [-0.2, 0) is 9.53 Å². The molecule has 0 aliphatic carbocycles. The molecule has 1 aromatic rings. The van der Waals surface area contributed by atoms with Crippen molar-refractivity contribution in [3.05, 3.63) is 23.4 Å². The van der Waals surface area contributed by atoms with Crippen LogP contribution in [0.5, 0.6) is 0 Å². The lowest BCUT2D eigenvalue weighted by atomic mass is 10.2.